The van der Waals surface area contributed by atoms with Gasteiger partial charge in [0.15, 0.2) is 23.7 Å². The van der Waals surface area contributed by atoms with Crippen LogP contribution in [0.15, 0.2) is 24.3 Å². The number of nitrogens with zero attached hydrogens (tertiary/aromatic N) is 2. The van der Waals surface area contributed by atoms with E-state index in [2.05, 4.69) is 4.90 Å². The molecule has 41 heavy (non-hydrogen) atoms. The molecule has 0 radical (unpaired) electrons. The number of carboxylic acids is 2. The second-order valence-electron chi connectivity index (χ2n) is 11.8. The number of ether oxygens (including phenoxy) is 1. The van der Waals surface area contributed by atoms with Gasteiger partial charge in [0.1, 0.15) is 6.10 Å². The average Bonchev–Trinajstić information content (AvgIpc) is 3.59. The van der Waals surface area contributed by atoms with Gasteiger partial charge in [-0.05, 0) is 62.6 Å². The lowest BCUT2D eigenvalue weighted by Crippen LogP contribution is -2.78. The molecule has 3 heterocycles. The number of piperidine rings is 1. The molecule has 1 aromatic rings. The van der Waals surface area contributed by atoms with Crippen LogP contribution in [0.4, 0.5) is 0 Å². The first-order valence-corrected chi connectivity index (χ1v) is 13.8. The average molecular weight is 573 g/mol. The Kier molecular flexibility index (Phi) is 6.41. The Morgan fingerprint density at radius 3 is 2.22 bits per heavy atom. The summed E-state index contributed by atoms with van der Waals surface area (Å²) < 4.78 is 6.42. The summed E-state index contributed by atoms with van der Waals surface area (Å²) in [5, 5.41) is 55.6. The van der Waals surface area contributed by atoms with Gasteiger partial charge >= 0.3 is 11.9 Å². The van der Waals surface area contributed by atoms with Crippen LogP contribution in [0.1, 0.15) is 43.2 Å². The fourth-order valence-corrected chi connectivity index (χ4v) is 7.73. The molecule has 3 fully saturated rings. The minimum atomic E-state index is -2.27. The number of phenolic OH excluding ortho intramolecular Hbond substituents is 1. The van der Waals surface area contributed by atoms with Gasteiger partial charge in [-0.1, -0.05) is 6.07 Å². The third kappa shape index (κ3) is 3.97. The number of aliphatic hydroxyl groups excluding tert-OH is 2. The number of imide groups is 1. The van der Waals surface area contributed by atoms with Gasteiger partial charge < -0.3 is 35.4 Å². The van der Waals surface area contributed by atoms with Crippen molar-refractivity contribution in [1.29, 1.82) is 0 Å². The summed E-state index contributed by atoms with van der Waals surface area (Å²) in [5.41, 5.74) is 0.306. The molecular weight excluding hydrogens is 540 g/mol. The van der Waals surface area contributed by atoms with Crippen LogP contribution in [0.2, 0.25) is 0 Å². The largest absolute Gasteiger partial charge is 0.504 e. The number of carbonyl (C=O) groups excluding carboxylic acids is 2. The number of carbonyl (C=O) groups is 4. The molecule has 13 nitrogen and oxygen atoms in total. The molecule has 2 saturated carbocycles. The number of benzene rings is 1. The fraction of sp³-hybridized carbons (Fsp3) is 0.571. The van der Waals surface area contributed by atoms with Gasteiger partial charge in [-0.3, -0.25) is 19.4 Å². The van der Waals surface area contributed by atoms with Gasteiger partial charge in [-0.2, -0.15) is 0 Å². The van der Waals surface area contributed by atoms with Crippen molar-refractivity contribution >= 4 is 23.8 Å². The molecular formula is C28H32N2O11. The van der Waals surface area contributed by atoms with E-state index < -0.39 is 47.3 Å². The van der Waals surface area contributed by atoms with Crippen molar-refractivity contribution in [3.05, 3.63) is 35.4 Å². The molecule has 7 rings (SSSR count). The van der Waals surface area contributed by atoms with E-state index >= 15 is 0 Å². The molecule has 3 aliphatic carbocycles. The molecule has 2 unspecified atom stereocenters. The van der Waals surface area contributed by atoms with Crippen molar-refractivity contribution in [3.63, 3.8) is 0 Å². The quantitative estimate of drug-likeness (QED) is 0.230. The second-order valence-corrected chi connectivity index (χ2v) is 11.8. The highest BCUT2D eigenvalue weighted by atomic mass is 16.5. The zero-order valence-corrected chi connectivity index (χ0v) is 22.0. The molecule has 3 aliphatic heterocycles. The van der Waals surface area contributed by atoms with Crippen molar-refractivity contribution < 1.29 is 54.6 Å². The smallest absolute Gasteiger partial charge is 0.335 e. The van der Waals surface area contributed by atoms with Crippen molar-refractivity contribution in [2.24, 2.45) is 5.92 Å². The molecule has 1 spiro atoms. The van der Waals surface area contributed by atoms with Gasteiger partial charge in [0.25, 0.3) is 11.8 Å². The molecule has 1 aromatic carbocycles. The monoisotopic (exact) mass is 572 g/mol. The number of likely N-dealkylation sites (tertiary alicyclic amines) is 1. The molecule has 220 valence electrons. The summed E-state index contributed by atoms with van der Waals surface area (Å²) in [5.74, 6) is -2.94. The Balaban J connectivity index is 0.000000262. The maximum absolute atomic E-state index is 12.5. The summed E-state index contributed by atoms with van der Waals surface area (Å²) in [4.78, 5) is 48.4. The molecule has 7 atom stereocenters. The molecule has 2 bridgehead atoms. The van der Waals surface area contributed by atoms with Gasteiger partial charge in [-0.25, -0.2) is 9.59 Å². The van der Waals surface area contributed by atoms with Crippen LogP contribution < -0.4 is 4.74 Å². The van der Waals surface area contributed by atoms with Gasteiger partial charge in [0.05, 0.1) is 17.1 Å². The van der Waals surface area contributed by atoms with E-state index in [0.717, 1.165) is 36.6 Å². The topological polar surface area (TPSA) is 205 Å². The number of aliphatic hydroxyl groups is 3. The standard InChI is InChI=1S/C24H26N2O5.C4H6O6/c27-16-4-3-14-11-17-24(30)8-7-15(26-18(28)5-6-19(26)29)22-23(24,20(14)21(16)31-22)9-10-25(17)12-13-1-2-13;5-1(3(7)8)2(6)4(9)10/h3-6,13,15,17,22,27,30H,1-2,7-12H2;1-2,5-6H,(H,7,8)(H,9,10)/t15-,17-,22+,23+,24-;/m1./s1. The summed E-state index contributed by atoms with van der Waals surface area (Å²) in [7, 11) is 0. The molecule has 13 heteroatoms. The van der Waals surface area contributed by atoms with Crippen LogP contribution in [0.3, 0.4) is 0 Å². The maximum Gasteiger partial charge on any atom is 0.335 e. The molecule has 0 aromatic heterocycles. The number of aromatic hydroxyl groups is 1. The zero-order chi connectivity index (χ0) is 29.4. The SMILES string of the molecule is O=C(O)C(O)C(O)C(=O)O.O=C1C=CC(=O)N1[C@@H]1CC[C@@]2(O)[C@H]3Cc4ccc(O)c5c4[C@@]2(CCN3CC2CC2)[C@H]1O5. The van der Waals surface area contributed by atoms with E-state index in [1.807, 2.05) is 6.07 Å². The van der Waals surface area contributed by atoms with Gasteiger partial charge in [-0.15, -0.1) is 0 Å². The number of hydrogen-bond donors (Lipinski definition) is 6. The number of hydrogen-bond acceptors (Lipinski definition) is 10. The zero-order valence-electron chi connectivity index (χ0n) is 22.0. The lowest BCUT2D eigenvalue weighted by Gasteiger charge is -2.64. The molecule has 6 N–H and O–H groups in total. The first-order valence-electron chi connectivity index (χ1n) is 13.8. The van der Waals surface area contributed by atoms with E-state index in [1.165, 1.54) is 29.9 Å². The third-order valence-corrected chi connectivity index (χ3v) is 9.71. The van der Waals surface area contributed by atoms with Crippen LogP contribution in [0.25, 0.3) is 0 Å². The highest BCUT2D eigenvalue weighted by Crippen LogP contribution is 2.66. The molecule has 2 amide bonds. The van der Waals surface area contributed by atoms with Crippen molar-refractivity contribution in [3.8, 4) is 11.5 Å². The lowest BCUT2D eigenvalue weighted by atomic mass is 9.48. The predicted molar refractivity (Wildman–Crippen MR) is 137 cm³/mol. The van der Waals surface area contributed by atoms with Crippen molar-refractivity contribution in [2.75, 3.05) is 13.1 Å². The van der Waals surface area contributed by atoms with Crippen LogP contribution in [0.5, 0.6) is 11.5 Å². The molecule has 1 saturated heterocycles. The highest BCUT2D eigenvalue weighted by Gasteiger charge is 2.74. The van der Waals surface area contributed by atoms with Crippen molar-refractivity contribution in [2.45, 2.75) is 79.9 Å². The van der Waals surface area contributed by atoms with Gasteiger partial charge in [0.2, 0.25) is 0 Å². The van der Waals surface area contributed by atoms with E-state index in [9.17, 15) is 29.4 Å². The fourth-order valence-electron chi connectivity index (χ4n) is 7.73. The summed E-state index contributed by atoms with van der Waals surface area (Å²) in [6, 6.07) is 3.17. The first kappa shape index (κ1) is 27.6. The number of phenols is 1. The van der Waals surface area contributed by atoms with E-state index in [1.54, 1.807) is 6.07 Å². The van der Waals surface area contributed by atoms with Crippen molar-refractivity contribution in [1.82, 2.24) is 9.80 Å². The Hall–Kier alpha value is -3.52. The number of rotatable bonds is 6. The van der Waals surface area contributed by atoms with E-state index in [-0.39, 0.29) is 23.6 Å². The van der Waals surface area contributed by atoms with E-state index in [4.69, 9.17) is 25.2 Å². The first-order chi connectivity index (χ1) is 19.4. The van der Waals surface area contributed by atoms with Crippen LogP contribution in [0, 0.1) is 5.92 Å². The highest BCUT2D eigenvalue weighted by molar-refractivity contribution is 6.13. The normalized spacial score (nSPS) is 34.3. The Morgan fingerprint density at radius 2 is 1.63 bits per heavy atom. The molecule has 6 aliphatic rings. The minimum Gasteiger partial charge on any atom is -0.504 e. The second kappa shape index (κ2) is 9.51. The summed E-state index contributed by atoms with van der Waals surface area (Å²) in [6.45, 7) is 1.87. The predicted octanol–water partition coefficient (Wildman–Crippen LogP) is -0.873. The number of amides is 2. The van der Waals surface area contributed by atoms with Crippen LogP contribution in [-0.2, 0) is 31.0 Å². The van der Waals surface area contributed by atoms with Crippen LogP contribution >= 0.6 is 0 Å². The Labute approximate surface area is 234 Å². The summed E-state index contributed by atoms with van der Waals surface area (Å²) in [6.07, 6.45) is 2.51. The number of carboxylic acid groups (broad SMARTS) is 2. The van der Waals surface area contributed by atoms with Gasteiger partial charge in [0, 0.05) is 30.3 Å². The van der Waals surface area contributed by atoms with E-state index in [0.29, 0.717) is 25.0 Å². The Morgan fingerprint density at radius 1 is 1.00 bits per heavy atom. The number of aliphatic carboxylic acids is 2. The van der Waals surface area contributed by atoms with Crippen LogP contribution in [-0.4, -0.2) is 113 Å². The Bertz CT molecular complexity index is 1320. The lowest BCUT2D eigenvalue weighted by molar-refractivity contribution is -0.201. The summed E-state index contributed by atoms with van der Waals surface area (Å²) >= 11 is 0. The third-order valence-electron chi connectivity index (χ3n) is 9.71. The minimum absolute atomic E-state index is 0.0139. The maximum atomic E-state index is 12.5.